The summed E-state index contributed by atoms with van der Waals surface area (Å²) in [6.07, 6.45) is 0. The van der Waals surface area contributed by atoms with Gasteiger partial charge >= 0.3 is 0 Å². The first-order valence-corrected chi connectivity index (χ1v) is 4.59. The molecule has 0 radical (unpaired) electrons. The summed E-state index contributed by atoms with van der Waals surface area (Å²) in [4.78, 5) is 2.19. The fourth-order valence-electron chi connectivity index (χ4n) is 1.40. The van der Waals surface area contributed by atoms with Gasteiger partial charge in [0.25, 0.3) is 0 Å². The number of hydrogen-bond acceptors (Lipinski definition) is 3. The molecule has 0 heterocycles. The lowest BCUT2D eigenvalue weighted by Gasteiger charge is -2.22. The third kappa shape index (κ3) is 2.05. The summed E-state index contributed by atoms with van der Waals surface area (Å²) in [6.45, 7) is 6.10. The first-order chi connectivity index (χ1) is 6.19. The molecule has 0 fully saturated rings. The van der Waals surface area contributed by atoms with Crippen molar-refractivity contribution in [1.82, 2.24) is 0 Å². The van der Waals surface area contributed by atoms with Crippen LogP contribution < -0.4 is 16.4 Å². The topological polar surface area (TPSA) is 55.3 Å². The van der Waals surface area contributed by atoms with Crippen molar-refractivity contribution in [1.29, 1.82) is 0 Å². The van der Waals surface area contributed by atoms with Crippen LogP contribution in [0.1, 0.15) is 13.8 Å². The van der Waals surface area contributed by atoms with Crippen molar-refractivity contribution in [3.8, 4) is 0 Å². The summed E-state index contributed by atoms with van der Waals surface area (Å²) in [5.74, 6) is 0. The summed E-state index contributed by atoms with van der Waals surface area (Å²) in [7, 11) is 0. The molecule has 0 aliphatic rings. The van der Waals surface area contributed by atoms with Crippen molar-refractivity contribution in [2.24, 2.45) is 0 Å². The number of nitrogens with zero attached hydrogens (tertiary/aromatic N) is 1. The second kappa shape index (κ2) is 4.03. The molecule has 0 atom stereocenters. The standard InChI is InChI=1S/C10H17N3/c1-3-13(4-2)10-7-8(11)5-6-9(10)12/h5-7H,3-4,11-12H2,1-2H3. The van der Waals surface area contributed by atoms with Gasteiger partial charge in [-0.1, -0.05) is 0 Å². The van der Waals surface area contributed by atoms with Crippen molar-refractivity contribution in [3.63, 3.8) is 0 Å². The summed E-state index contributed by atoms with van der Waals surface area (Å²) in [5.41, 5.74) is 14.1. The zero-order chi connectivity index (χ0) is 9.84. The number of benzene rings is 1. The second-order valence-corrected chi connectivity index (χ2v) is 2.99. The Morgan fingerprint density at radius 3 is 2.31 bits per heavy atom. The fraction of sp³-hybridized carbons (Fsp3) is 0.400. The van der Waals surface area contributed by atoms with Crippen molar-refractivity contribution >= 4 is 17.1 Å². The molecule has 0 saturated heterocycles. The highest BCUT2D eigenvalue weighted by Gasteiger charge is 2.05. The maximum absolute atomic E-state index is 5.84. The molecule has 0 unspecified atom stereocenters. The van der Waals surface area contributed by atoms with Crippen molar-refractivity contribution in [2.45, 2.75) is 13.8 Å². The van der Waals surface area contributed by atoms with E-state index in [0.29, 0.717) is 0 Å². The molecule has 0 aliphatic heterocycles. The lowest BCUT2D eigenvalue weighted by Crippen LogP contribution is -2.23. The van der Waals surface area contributed by atoms with E-state index >= 15 is 0 Å². The maximum atomic E-state index is 5.84. The minimum absolute atomic E-state index is 0.760. The Morgan fingerprint density at radius 2 is 1.77 bits per heavy atom. The lowest BCUT2D eigenvalue weighted by atomic mass is 10.2. The van der Waals surface area contributed by atoms with Gasteiger partial charge in [0, 0.05) is 18.8 Å². The van der Waals surface area contributed by atoms with Crippen LogP contribution in [0, 0.1) is 0 Å². The van der Waals surface area contributed by atoms with Crippen LogP contribution in [0.4, 0.5) is 17.1 Å². The van der Waals surface area contributed by atoms with E-state index in [1.54, 1.807) is 0 Å². The van der Waals surface area contributed by atoms with Crippen molar-refractivity contribution in [2.75, 3.05) is 29.5 Å². The summed E-state index contributed by atoms with van der Waals surface area (Å²) in [6, 6.07) is 5.59. The molecule has 0 bridgehead atoms. The third-order valence-electron chi connectivity index (χ3n) is 2.16. The molecule has 0 aromatic heterocycles. The van der Waals surface area contributed by atoms with Crippen LogP contribution >= 0.6 is 0 Å². The van der Waals surface area contributed by atoms with E-state index < -0.39 is 0 Å². The molecule has 0 amide bonds. The van der Waals surface area contributed by atoms with Crippen LogP contribution in [0.3, 0.4) is 0 Å². The highest BCUT2D eigenvalue weighted by atomic mass is 15.1. The van der Waals surface area contributed by atoms with Gasteiger partial charge in [-0.15, -0.1) is 0 Å². The summed E-state index contributed by atoms with van der Waals surface area (Å²) >= 11 is 0. The van der Waals surface area contributed by atoms with E-state index in [0.717, 1.165) is 30.2 Å². The monoisotopic (exact) mass is 179 g/mol. The first kappa shape index (κ1) is 9.71. The normalized spacial score (nSPS) is 10.0. The molecule has 4 N–H and O–H groups in total. The van der Waals surface area contributed by atoms with Crippen LogP contribution in [-0.2, 0) is 0 Å². The maximum Gasteiger partial charge on any atom is 0.0620 e. The highest BCUT2D eigenvalue weighted by molar-refractivity contribution is 5.72. The fourth-order valence-corrected chi connectivity index (χ4v) is 1.40. The van der Waals surface area contributed by atoms with Crippen LogP contribution in [0.15, 0.2) is 18.2 Å². The minimum atomic E-state index is 0.760. The molecule has 0 aliphatic carbocycles. The van der Waals surface area contributed by atoms with Gasteiger partial charge in [-0.25, -0.2) is 0 Å². The molecular formula is C10H17N3. The number of hydrogen-bond donors (Lipinski definition) is 2. The van der Waals surface area contributed by atoms with Gasteiger partial charge in [-0.05, 0) is 32.0 Å². The van der Waals surface area contributed by atoms with Gasteiger partial charge in [0.2, 0.25) is 0 Å². The Hall–Kier alpha value is -1.38. The first-order valence-electron chi connectivity index (χ1n) is 4.59. The predicted octanol–water partition coefficient (Wildman–Crippen LogP) is 1.70. The molecule has 3 nitrogen and oxygen atoms in total. The summed E-state index contributed by atoms with van der Waals surface area (Å²) in [5, 5.41) is 0. The Kier molecular flexibility index (Phi) is 3.01. The number of nitrogens with two attached hydrogens (primary N) is 2. The molecule has 72 valence electrons. The molecule has 3 heteroatoms. The molecule has 13 heavy (non-hydrogen) atoms. The van der Waals surface area contributed by atoms with E-state index in [4.69, 9.17) is 11.5 Å². The van der Waals surface area contributed by atoms with Gasteiger partial charge in [-0.3, -0.25) is 0 Å². The highest BCUT2D eigenvalue weighted by Crippen LogP contribution is 2.25. The average Bonchev–Trinajstić information content (AvgIpc) is 2.13. The largest absolute Gasteiger partial charge is 0.399 e. The van der Waals surface area contributed by atoms with Crippen molar-refractivity contribution in [3.05, 3.63) is 18.2 Å². The molecular weight excluding hydrogens is 162 g/mol. The lowest BCUT2D eigenvalue weighted by molar-refractivity contribution is 0.868. The van der Waals surface area contributed by atoms with E-state index in [1.165, 1.54) is 0 Å². The smallest absolute Gasteiger partial charge is 0.0620 e. The van der Waals surface area contributed by atoms with Gasteiger partial charge in [0.05, 0.1) is 11.4 Å². The Bertz CT molecular complexity index is 279. The van der Waals surface area contributed by atoms with Gasteiger partial charge in [-0.2, -0.15) is 0 Å². The van der Waals surface area contributed by atoms with Gasteiger partial charge in [0.15, 0.2) is 0 Å². The van der Waals surface area contributed by atoms with Crippen molar-refractivity contribution < 1.29 is 0 Å². The number of anilines is 3. The number of nitrogen functional groups attached to an aromatic ring is 2. The average molecular weight is 179 g/mol. The van der Waals surface area contributed by atoms with E-state index in [-0.39, 0.29) is 0 Å². The Balaban J connectivity index is 3.03. The van der Waals surface area contributed by atoms with E-state index in [9.17, 15) is 0 Å². The zero-order valence-electron chi connectivity index (χ0n) is 8.25. The Morgan fingerprint density at radius 1 is 1.15 bits per heavy atom. The van der Waals surface area contributed by atoms with Crippen LogP contribution in [0.25, 0.3) is 0 Å². The SMILES string of the molecule is CCN(CC)c1cc(N)ccc1N. The van der Waals surface area contributed by atoms with Crippen LogP contribution in [-0.4, -0.2) is 13.1 Å². The molecule has 0 saturated carbocycles. The molecule has 1 aromatic rings. The second-order valence-electron chi connectivity index (χ2n) is 2.99. The third-order valence-corrected chi connectivity index (χ3v) is 2.16. The van der Waals surface area contributed by atoms with E-state index in [2.05, 4.69) is 18.7 Å². The zero-order valence-corrected chi connectivity index (χ0v) is 8.25. The predicted molar refractivity (Wildman–Crippen MR) is 58.8 cm³/mol. The molecule has 0 spiro atoms. The molecule has 1 aromatic carbocycles. The Labute approximate surface area is 79.3 Å². The minimum Gasteiger partial charge on any atom is -0.399 e. The number of rotatable bonds is 3. The summed E-state index contributed by atoms with van der Waals surface area (Å²) < 4.78 is 0. The van der Waals surface area contributed by atoms with E-state index in [1.807, 2.05) is 18.2 Å². The van der Waals surface area contributed by atoms with Crippen LogP contribution in [0.2, 0.25) is 0 Å². The van der Waals surface area contributed by atoms with Gasteiger partial charge < -0.3 is 16.4 Å². The quantitative estimate of drug-likeness (QED) is 0.694. The molecule has 1 rings (SSSR count). The van der Waals surface area contributed by atoms with Crippen LogP contribution in [0.5, 0.6) is 0 Å². The van der Waals surface area contributed by atoms with Gasteiger partial charge in [0.1, 0.15) is 0 Å².